The Morgan fingerprint density at radius 1 is 1.33 bits per heavy atom. The Morgan fingerprint density at radius 2 is 2.04 bits per heavy atom. The predicted molar refractivity (Wildman–Crippen MR) is 95.4 cm³/mol. The number of rotatable bonds is 4. The summed E-state index contributed by atoms with van der Waals surface area (Å²) in [5.41, 5.74) is 0.761. The molecule has 0 atom stereocenters. The third kappa shape index (κ3) is 4.06. The Bertz CT molecular complexity index is 581. The number of hydrogen-bond donors (Lipinski definition) is 1. The van der Waals surface area contributed by atoms with Gasteiger partial charge in [-0.15, -0.1) is 11.3 Å². The zero-order valence-electron chi connectivity index (χ0n) is 14.3. The van der Waals surface area contributed by atoms with Crippen molar-refractivity contribution >= 4 is 28.4 Å². The van der Waals surface area contributed by atoms with Crippen LogP contribution in [0.4, 0.5) is 9.93 Å². The Kier molecular flexibility index (Phi) is 5.71. The van der Waals surface area contributed by atoms with Crippen molar-refractivity contribution < 1.29 is 9.59 Å². The van der Waals surface area contributed by atoms with Crippen molar-refractivity contribution in [1.82, 2.24) is 15.2 Å². The highest BCUT2D eigenvalue weighted by Gasteiger charge is 2.25. The average molecular weight is 350 g/mol. The number of carbonyl (C=O) groups excluding carboxylic acids is 2. The molecule has 24 heavy (non-hydrogen) atoms. The number of likely N-dealkylation sites (N-methyl/N-ethyl adjacent to an activating group) is 1. The number of thiazole rings is 1. The van der Waals surface area contributed by atoms with E-state index < -0.39 is 0 Å². The third-order valence-electron chi connectivity index (χ3n) is 4.98. The minimum absolute atomic E-state index is 0.103. The van der Waals surface area contributed by atoms with Crippen LogP contribution in [0.5, 0.6) is 0 Å². The fourth-order valence-electron chi connectivity index (χ4n) is 3.46. The van der Waals surface area contributed by atoms with E-state index >= 15 is 0 Å². The topological polar surface area (TPSA) is 65.5 Å². The highest BCUT2D eigenvalue weighted by molar-refractivity contribution is 7.14. The fraction of sp³-hybridized carbons (Fsp3) is 0.706. The van der Waals surface area contributed by atoms with Gasteiger partial charge in [-0.2, -0.15) is 0 Å². The van der Waals surface area contributed by atoms with Crippen LogP contribution >= 0.6 is 11.3 Å². The number of hydrogen-bond acceptors (Lipinski definition) is 4. The van der Waals surface area contributed by atoms with Gasteiger partial charge in [0.05, 0.1) is 12.1 Å². The molecular formula is C17H26N4O2S. The molecule has 3 rings (SSSR count). The molecule has 6 nitrogen and oxygen atoms in total. The number of nitrogens with zero attached hydrogens (tertiary/aromatic N) is 3. The number of anilines is 1. The van der Waals surface area contributed by atoms with E-state index in [0.717, 1.165) is 18.5 Å². The Morgan fingerprint density at radius 3 is 2.71 bits per heavy atom. The molecule has 1 aliphatic heterocycles. The first-order valence-corrected chi connectivity index (χ1v) is 9.78. The molecule has 0 spiro atoms. The SMILES string of the molecule is CN(C(=O)Cc1csc(N2CCNC2=O)n1)C1CCCCCCC1. The van der Waals surface area contributed by atoms with Crippen LogP contribution in [0, 0.1) is 0 Å². The number of aromatic nitrogens is 1. The van der Waals surface area contributed by atoms with E-state index in [1.165, 1.54) is 43.4 Å². The van der Waals surface area contributed by atoms with Crippen molar-refractivity contribution in [2.24, 2.45) is 0 Å². The number of nitrogens with one attached hydrogen (secondary N) is 1. The standard InChI is InChI=1S/C17H26N4O2S/c1-20(14-7-5-3-2-4-6-8-14)15(22)11-13-12-24-17(19-13)21-10-9-18-16(21)23/h12,14H,2-11H2,1H3,(H,18,23). The van der Waals surface area contributed by atoms with E-state index in [1.807, 2.05) is 17.3 Å². The summed E-state index contributed by atoms with van der Waals surface area (Å²) in [6, 6.07) is 0.258. The van der Waals surface area contributed by atoms with E-state index in [-0.39, 0.29) is 11.9 Å². The van der Waals surface area contributed by atoms with Crippen molar-refractivity contribution in [3.63, 3.8) is 0 Å². The van der Waals surface area contributed by atoms with Crippen LogP contribution in [-0.4, -0.2) is 48.0 Å². The van der Waals surface area contributed by atoms with Crippen molar-refractivity contribution in [2.75, 3.05) is 25.0 Å². The Balaban J connectivity index is 1.57. The molecule has 1 aliphatic carbocycles. The van der Waals surface area contributed by atoms with Gasteiger partial charge in [-0.1, -0.05) is 32.1 Å². The Hall–Kier alpha value is -1.63. The summed E-state index contributed by atoms with van der Waals surface area (Å²) in [6.07, 6.45) is 8.87. The molecule has 1 N–H and O–H groups in total. The molecule has 7 heteroatoms. The van der Waals surface area contributed by atoms with E-state index in [0.29, 0.717) is 30.7 Å². The zero-order valence-corrected chi connectivity index (χ0v) is 15.1. The summed E-state index contributed by atoms with van der Waals surface area (Å²) < 4.78 is 0. The lowest BCUT2D eigenvalue weighted by Crippen LogP contribution is -2.38. The van der Waals surface area contributed by atoms with Gasteiger partial charge in [0.2, 0.25) is 5.91 Å². The second-order valence-electron chi connectivity index (χ2n) is 6.69. The molecule has 0 radical (unpaired) electrons. The molecule has 0 unspecified atom stereocenters. The van der Waals surface area contributed by atoms with Crippen molar-refractivity contribution in [1.29, 1.82) is 0 Å². The lowest BCUT2D eigenvalue weighted by atomic mass is 9.95. The van der Waals surface area contributed by atoms with Crippen LogP contribution in [0.2, 0.25) is 0 Å². The first kappa shape index (κ1) is 17.2. The van der Waals surface area contributed by atoms with Crippen LogP contribution in [0.25, 0.3) is 0 Å². The maximum atomic E-state index is 12.6. The highest BCUT2D eigenvalue weighted by atomic mass is 32.1. The highest BCUT2D eigenvalue weighted by Crippen LogP contribution is 2.24. The molecule has 3 amide bonds. The molecule has 1 saturated heterocycles. The molecule has 132 valence electrons. The van der Waals surface area contributed by atoms with Crippen molar-refractivity contribution in [3.8, 4) is 0 Å². The van der Waals surface area contributed by atoms with E-state index in [9.17, 15) is 9.59 Å². The summed E-state index contributed by atoms with van der Waals surface area (Å²) in [5, 5.41) is 5.34. The van der Waals surface area contributed by atoms with Gasteiger partial charge in [-0.05, 0) is 12.8 Å². The number of urea groups is 1. The molecule has 1 aromatic heterocycles. The smallest absolute Gasteiger partial charge is 0.323 e. The summed E-state index contributed by atoms with van der Waals surface area (Å²) in [5.74, 6) is 0.128. The van der Waals surface area contributed by atoms with E-state index in [1.54, 1.807) is 4.90 Å². The van der Waals surface area contributed by atoms with Crippen LogP contribution < -0.4 is 10.2 Å². The normalized spacial score (nSPS) is 19.7. The molecule has 0 bridgehead atoms. The summed E-state index contributed by atoms with van der Waals surface area (Å²) >= 11 is 1.43. The minimum Gasteiger partial charge on any atom is -0.342 e. The third-order valence-corrected chi connectivity index (χ3v) is 5.89. The maximum Gasteiger partial charge on any atom is 0.323 e. The van der Waals surface area contributed by atoms with E-state index in [2.05, 4.69) is 10.3 Å². The van der Waals surface area contributed by atoms with Crippen LogP contribution in [0.3, 0.4) is 0 Å². The first-order valence-electron chi connectivity index (χ1n) is 8.90. The summed E-state index contributed by atoms with van der Waals surface area (Å²) in [7, 11) is 1.93. The molecule has 0 aromatic carbocycles. The van der Waals surface area contributed by atoms with Gasteiger partial charge in [-0.3, -0.25) is 9.69 Å². The largest absolute Gasteiger partial charge is 0.342 e. The molecule has 2 aliphatic rings. The van der Waals surface area contributed by atoms with Gasteiger partial charge in [0.1, 0.15) is 0 Å². The summed E-state index contributed by atoms with van der Waals surface area (Å²) in [4.78, 5) is 32.3. The molecule has 2 fully saturated rings. The maximum absolute atomic E-state index is 12.6. The van der Waals surface area contributed by atoms with Crippen molar-refractivity contribution in [2.45, 2.75) is 57.4 Å². The lowest BCUT2D eigenvalue weighted by molar-refractivity contribution is -0.131. The Labute approximate surface area is 147 Å². The van der Waals surface area contributed by atoms with Gasteiger partial charge >= 0.3 is 6.03 Å². The fourth-order valence-corrected chi connectivity index (χ4v) is 4.31. The quantitative estimate of drug-likeness (QED) is 0.908. The molecular weight excluding hydrogens is 324 g/mol. The molecule has 1 saturated carbocycles. The summed E-state index contributed by atoms with van der Waals surface area (Å²) in [6.45, 7) is 1.29. The number of amides is 3. The first-order chi connectivity index (χ1) is 11.6. The predicted octanol–water partition coefficient (Wildman–Crippen LogP) is 2.79. The second-order valence-corrected chi connectivity index (χ2v) is 7.52. The second kappa shape index (κ2) is 7.96. The molecule has 2 heterocycles. The van der Waals surface area contributed by atoms with Crippen LogP contribution in [0.1, 0.15) is 50.6 Å². The minimum atomic E-state index is -0.103. The lowest BCUT2D eigenvalue weighted by Gasteiger charge is -2.29. The van der Waals surface area contributed by atoms with Gasteiger partial charge in [0.25, 0.3) is 0 Å². The zero-order chi connectivity index (χ0) is 16.9. The van der Waals surface area contributed by atoms with Gasteiger partial charge in [-0.25, -0.2) is 9.78 Å². The van der Waals surface area contributed by atoms with Gasteiger partial charge < -0.3 is 10.2 Å². The monoisotopic (exact) mass is 350 g/mol. The molecule has 1 aromatic rings. The van der Waals surface area contributed by atoms with Gasteiger partial charge in [0, 0.05) is 31.6 Å². The van der Waals surface area contributed by atoms with Crippen LogP contribution in [-0.2, 0) is 11.2 Å². The van der Waals surface area contributed by atoms with Crippen LogP contribution in [0.15, 0.2) is 5.38 Å². The van der Waals surface area contributed by atoms with Crippen molar-refractivity contribution in [3.05, 3.63) is 11.1 Å². The van der Waals surface area contributed by atoms with Gasteiger partial charge in [0.15, 0.2) is 5.13 Å². The van der Waals surface area contributed by atoms with E-state index in [4.69, 9.17) is 0 Å². The average Bonchev–Trinajstić information content (AvgIpc) is 3.15. The number of carbonyl (C=O) groups is 2.